The molecule has 0 bridgehead atoms. The Balaban J connectivity index is 0.00000192. The number of amides is 1. The van der Waals surface area contributed by atoms with Gasteiger partial charge in [0.2, 0.25) is 0 Å². The fraction of sp³-hybridized carbons (Fsp3) is 0.333. The van der Waals surface area contributed by atoms with Gasteiger partial charge in [0.1, 0.15) is 22.6 Å². The second kappa shape index (κ2) is 7.83. The lowest BCUT2D eigenvalue weighted by Crippen LogP contribution is -2.42. The van der Waals surface area contributed by atoms with Crippen molar-refractivity contribution in [3.8, 4) is 0 Å². The molecule has 1 atom stereocenters. The Hall–Kier alpha value is -1.54. The van der Waals surface area contributed by atoms with Crippen LogP contribution in [-0.2, 0) is 11.3 Å². The molecule has 1 saturated heterocycles. The third kappa shape index (κ3) is 4.06. The van der Waals surface area contributed by atoms with Gasteiger partial charge >= 0.3 is 0 Å². The number of carbonyl (C=O) groups is 1. The van der Waals surface area contributed by atoms with Gasteiger partial charge in [-0.3, -0.25) is 4.79 Å². The number of carbonyl (C=O) groups excluding carboxylic acids is 1. The first-order valence-corrected chi connectivity index (χ1v) is 7.86. The van der Waals surface area contributed by atoms with Gasteiger partial charge < -0.3 is 15.4 Å². The maximum atomic E-state index is 13.3. The highest BCUT2D eigenvalue weighted by molar-refractivity contribution is 7.09. The molecule has 1 unspecified atom stereocenters. The SMILES string of the molecule is Cl.NCc1nc(C(=O)N2CCOC(c3cccc(F)c3)C2)cs1. The first kappa shape index (κ1) is 17.8. The van der Waals surface area contributed by atoms with Gasteiger partial charge in [-0.05, 0) is 17.7 Å². The van der Waals surface area contributed by atoms with Crippen LogP contribution in [0.4, 0.5) is 4.39 Å². The second-order valence-corrected chi connectivity index (χ2v) is 5.94. The van der Waals surface area contributed by atoms with Crippen molar-refractivity contribution in [3.05, 3.63) is 51.7 Å². The summed E-state index contributed by atoms with van der Waals surface area (Å²) >= 11 is 1.38. The van der Waals surface area contributed by atoms with Crippen molar-refractivity contribution in [2.45, 2.75) is 12.6 Å². The minimum Gasteiger partial charge on any atom is -0.370 e. The summed E-state index contributed by atoms with van der Waals surface area (Å²) in [5.74, 6) is -0.447. The van der Waals surface area contributed by atoms with Gasteiger partial charge in [-0.25, -0.2) is 9.37 Å². The molecular weight excluding hydrogens is 341 g/mol. The van der Waals surface area contributed by atoms with Crippen LogP contribution in [0.1, 0.15) is 27.2 Å². The van der Waals surface area contributed by atoms with E-state index in [1.165, 1.54) is 23.5 Å². The summed E-state index contributed by atoms with van der Waals surface area (Å²) < 4.78 is 19.0. The number of thiazole rings is 1. The van der Waals surface area contributed by atoms with Crippen molar-refractivity contribution in [1.29, 1.82) is 0 Å². The molecule has 0 spiro atoms. The van der Waals surface area contributed by atoms with Crippen molar-refractivity contribution in [3.63, 3.8) is 0 Å². The summed E-state index contributed by atoms with van der Waals surface area (Å²) in [6.07, 6.45) is -0.319. The van der Waals surface area contributed by atoms with E-state index in [9.17, 15) is 9.18 Å². The van der Waals surface area contributed by atoms with Gasteiger partial charge in [-0.2, -0.15) is 0 Å². The van der Waals surface area contributed by atoms with Crippen molar-refractivity contribution in [2.75, 3.05) is 19.7 Å². The number of morpholine rings is 1. The fourth-order valence-corrected chi connectivity index (χ4v) is 3.06. The largest absolute Gasteiger partial charge is 0.370 e. The number of rotatable bonds is 3. The summed E-state index contributed by atoms with van der Waals surface area (Å²) in [7, 11) is 0. The third-order valence-electron chi connectivity index (χ3n) is 3.52. The highest BCUT2D eigenvalue weighted by Gasteiger charge is 2.27. The lowest BCUT2D eigenvalue weighted by Gasteiger charge is -2.32. The van der Waals surface area contributed by atoms with Crippen LogP contribution in [0.2, 0.25) is 0 Å². The van der Waals surface area contributed by atoms with E-state index in [2.05, 4.69) is 4.98 Å². The third-order valence-corrected chi connectivity index (χ3v) is 4.39. The minimum atomic E-state index is -0.319. The number of hydrogen-bond donors (Lipinski definition) is 1. The average molecular weight is 358 g/mol. The molecule has 3 rings (SSSR count). The van der Waals surface area contributed by atoms with Gasteiger partial charge in [-0.1, -0.05) is 12.1 Å². The molecule has 2 heterocycles. The number of halogens is 2. The van der Waals surface area contributed by atoms with Crippen LogP contribution >= 0.6 is 23.7 Å². The molecule has 124 valence electrons. The van der Waals surface area contributed by atoms with E-state index in [1.54, 1.807) is 22.4 Å². The van der Waals surface area contributed by atoms with Crippen LogP contribution in [0.3, 0.4) is 0 Å². The molecule has 8 heteroatoms. The molecule has 0 radical (unpaired) electrons. The van der Waals surface area contributed by atoms with Crippen molar-refractivity contribution >= 4 is 29.7 Å². The Kier molecular flexibility index (Phi) is 6.06. The van der Waals surface area contributed by atoms with Crippen LogP contribution < -0.4 is 5.73 Å². The predicted molar refractivity (Wildman–Crippen MR) is 88.2 cm³/mol. The molecule has 0 aliphatic carbocycles. The second-order valence-electron chi connectivity index (χ2n) is 5.00. The molecule has 1 aliphatic rings. The van der Waals surface area contributed by atoms with E-state index in [0.717, 1.165) is 10.6 Å². The van der Waals surface area contributed by atoms with Gasteiger partial charge in [0, 0.05) is 18.5 Å². The van der Waals surface area contributed by atoms with Crippen molar-refractivity contribution in [2.24, 2.45) is 5.73 Å². The molecule has 1 aromatic heterocycles. The van der Waals surface area contributed by atoms with Crippen LogP contribution in [-0.4, -0.2) is 35.5 Å². The number of nitrogens with two attached hydrogens (primary N) is 1. The van der Waals surface area contributed by atoms with E-state index in [-0.39, 0.29) is 30.2 Å². The lowest BCUT2D eigenvalue weighted by molar-refractivity contribution is -0.0231. The Bertz CT molecular complexity index is 682. The first-order valence-electron chi connectivity index (χ1n) is 6.98. The van der Waals surface area contributed by atoms with Crippen LogP contribution in [0.15, 0.2) is 29.6 Å². The van der Waals surface area contributed by atoms with Crippen molar-refractivity contribution in [1.82, 2.24) is 9.88 Å². The normalized spacial score (nSPS) is 17.7. The maximum Gasteiger partial charge on any atom is 0.273 e. The van der Waals surface area contributed by atoms with Crippen LogP contribution in [0, 0.1) is 5.82 Å². The molecular formula is C15H17ClFN3O2S. The monoisotopic (exact) mass is 357 g/mol. The fourth-order valence-electron chi connectivity index (χ4n) is 2.41. The Morgan fingerprint density at radius 1 is 1.52 bits per heavy atom. The quantitative estimate of drug-likeness (QED) is 0.915. The number of hydrogen-bond acceptors (Lipinski definition) is 5. The van der Waals surface area contributed by atoms with Gasteiger partial charge in [0.15, 0.2) is 0 Å². The minimum absolute atomic E-state index is 0. The standard InChI is InChI=1S/C15H16FN3O2S.ClH/c16-11-3-1-2-10(6-11)13-8-19(4-5-21-13)15(20)12-9-22-14(7-17)18-12;/h1-3,6,9,13H,4-5,7-8,17H2;1H. The molecule has 1 aromatic carbocycles. The molecule has 2 aromatic rings. The zero-order chi connectivity index (χ0) is 15.5. The molecule has 1 fully saturated rings. The van der Waals surface area contributed by atoms with Gasteiger partial charge in [-0.15, -0.1) is 23.7 Å². The molecule has 0 saturated carbocycles. The van der Waals surface area contributed by atoms with E-state index in [0.29, 0.717) is 31.9 Å². The lowest BCUT2D eigenvalue weighted by atomic mass is 10.1. The molecule has 23 heavy (non-hydrogen) atoms. The molecule has 2 N–H and O–H groups in total. The van der Waals surface area contributed by atoms with E-state index in [1.807, 2.05) is 0 Å². The number of nitrogens with zero attached hydrogens (tertiary/aromatic N) is 2. The molecule has 1 aliphatic heterocycles. The zero-order valence-electron chi connectivity index (χ0n) is 12.3. The van der Waals surface area contributed by atoms with Crippen molar-refractivity contribution < 1.29 is 13.9 Å². The highest BCUT2D eigenvalue weighted by atomic mass is 35.5. The first-order chi connectivity index (χ1) is 10.7. The van der Waals surface area contributed by atoms with Crippen LogP contribution in [0.5, 0.6) is 0 Å². The average Bonchev–Trinajstić information content (AvgIpc) is 3.03. The summed E-state index contributed by atoms with van der Waals surface area (Å²) in [6, 6.07) is 6.27. The van der Waals surface area contributed by atoms with E-state index >= 15 is 0 Å². The summed E-state index contributed by atoms with van der Waals surface area (Å²) in [4.78, 5) is 18.4. The number of ether oxygens (including phenoxy) is 1. The Labute approximate surface area is 143 Å². The summed E-state index contributed by atoms with van der Waals surface area (Å²) in [5, 5.41) is 2.45. The Morgan fingerprint density at radius 3 is 3.04 bits per heavy atom. The summed E-state index contributed by atoms with van der Waals surface area (Å²) in [6.45, 7) is 1.63. The van der Waals surface area contributed by atoms with E-state index in [4.69, 9.17) is 10.5 Å². The van der Waals surface area contributed by atoms with E-state index < -0.39 is 0 Å². The summed E-state index contributed by atoms with van der Waals surface area (Å²) in [5.41, 5.74) is 6.66. The number of benzene rings is 1. The highest BCUT2D eigenvalue weighted by Crippen LogP contribution is 2.24. The topological polar surface area (TPSA) is 68.5 Å². The van der Waals surface area contributed by atoms with Gasteiger partial charge in [0.25, 0.3) is 5.91 Å². The smallest absolute Gasteiger partial charge is 0.273 e. The number of aromatic nitrogens is 1. The van der Waals surface area contributed by atoms with Crippen LogP contribution in [0.25, 0.3) is 0 Å². The zero-order valence-corrected chi connectivity index (χ0v) is 13.9. The maximum absolute atomic E-state index is 13.3. The Morgan fingerprint density at radius 2 is 2.35 bits per heavy atom. The molecule has 5 nitrogen and oxygen atoms in total. The van der Waals surface area contributed by atoms with Gasteiger partial charge in [0.05, 0.1) is 13.2 Å². The predicted octanol–water partition coefficient (Wildman–Crippen LogP) is 2.38. The molecule has 1 amide bonds.